The first-order chi connectivity index (χ1) is 12.8. The van der Waals surface area contributed by atoms with Gasteiger partial charge in [-0.25, -0.2) is 9.78 Å². The molecule has 0 bridgehead atoms. The number of benzene rings is 1. The molecule has 1 fully saturated rings. The highest BCUT2D eigenvalue weighted by Crippen LogP contribution is 2.34. The highest BCUT2D eigenvalue weighted by atomic mass is 79.9. The molecule has 27 heavy (non-hydrogen) atoms. The molecule has 1 N–H and O–H groups in total. The van der Waals surface area contributed by atoms with Crippen molar-refractivity contribution >= 4 is 27.6 Å². The highest BCUT2D eigenvalue weighted by molar-refractivity contribution is 9.10. The topological polar surface area (TPSA) is 54.5 Å². The fraction of sp³-hybridized carbons (Fsp3) is 0.333. The van der Waals surface area contributed by atoms with E-state index in [4.69, 9.17) is 4.74 Å². The Labute approximate surface area is 162 Å². The molecule has 0 radical (unpaired) electrons. The van der Waals surface area contributed by atoms with Gasteiger partial charge in [-0.3, -0.25) is 0 Å². The van der Waals surface area contributed by atoms with Gasteiger partial charge in [-0.2, -0.15) is 13.2 Å². The van der Waals surface area contributed by atoms with Crippen LogP contribution in [0.25, 0.3) is 0 Å². The number of carbonyl (C=O) groups excluding carboxylic acids is 1. The van der Waals surface area contributed by atoms with Crippen LogP contribution in [0.3, 0.4) is 0 Å². The molecule has 0 atom stereocenters. The molecule has 1 saturated heterocycles. The number of likely N-dealkylation sites (tertiary alicyclic amines) is 1. The van der Waals surface area contributed by atoms with Gasteiger partial charge >= 0.3 is 12.2 Å². The summed E-state index contributed by atoms with van der Waals surface area (Å²) in [5, 5.41) is 2.37. The van der Waals surface area contributed by atoms with E-state index in [2.05, 4.69) is 26.2 Å². The van der Waals surface area contributed by atoms with Crippen molar-refractivity contribution in [2.75, 3.05) is 18.4 Å². The zero-order valence-corrected chi connectivity index (χ0v) is 15.8. The molecular weight excluding hydrogens is 427 g/mol. The molecule has 9 heteroatoms. The van der Waals surface area contributed by atoms with Crippen LogP contribution < -0.4 is 10.1 Å². The molecule has 1 aliphatic rings. The lowest BCUT2D eigenvalue weighted by molar-refractivity contribution is -0.136. The minimum absolute atomic E-state index is 0.109. The molecule has 144 valence electrons. The Morgan fingerprint density at radius 3 is 2.56 bits per heavy atom. The van der Waals surface area contributed by atoms with E-state index in [0.29, 0.717) is 31.8 Å². The van der Waals surface area contributed by atoms with Gasteiger partial charge in [0.25, 0.3) is 0 Å². The molecule has 5 nitrogen and oxygen atoms in total. The molecule has 0 unspecified atom stereocenters. The fourth-order valence-electron chi connectivity index (χ4n) is 2.83. The van der Waals surface area contributed by atoms with Crippen LogP contribution in [-0.2, 0) is 6.18 Å². The van der Waals surface area contributed by atoms with E-state index in [9.17, 15) is 18.0 Å². The Balaban J connectivity index is 1.57. The van der Waals surface area contributed by atoms with Gasteiger partial charge in [-0.15, -0.1) is 0 Å². The van der Waals surface area contributed by atoms with Gasteiger partial charge in [-0.05, 0) is 40.2 Å². The lowest BCUT2D eigenvalue weighted by atomic mass is 10.1. The van der Waals surface area contributed by atoms with Crippen LogP contribution in [0.1, 0.15) is 18.4 Å². The molecule has 2 heterocycles. The summed E-state index contributed by atoms with van der Waals surface area (Å²) in [6.45, 7) is 0.768. The van der Waals surface area contributed by atoms with Gasteiger partial charge < -0.3 is 15.0 Å². The van der Waals surface area contributed by atoms with Crippen LogP contribution in [0.5, 0.6) is 5.88 Å². The molecule has 0 aliphatic carbocycles. The molecule has 2 amide bonds. The van der Waals surface area contributed by atoms with Crippen LogP contribution >= 0.6 is 15.9 Å². The maximum absolute atomic E-state index is 13.0. The minimum Gasteiger partial charge on any atom is -0.473 e. The summed E-state index contributed by atoms with van der Waals surface area (Å²) in [4.78, 5) is 18.0. The number of nitrogens with zero attached hydrogens (tertiary/aromatic N) is 2. The number of rotatable bonds is 3. The van der Waals surface area contributed by atoms with E-state index in [1.165, 1.54) is 23.1 Å². The Kier molecular flexibility index (Phi) is 5.88. The normalized spacial score (nSPS) is 15.5. The van der Waals surface area contributed by atoms with Gasteiger partial charge in [0.2, 0.25) is 5.88 Å². The van der Waals surface area contributed by atoms with Crippen molar-refractivity contribution < 1.29 is 22.7 Å². The molecule has 0 saturated carbocycles. The molecule has 2 aromatic rings. The SMILES string of the molecule is O=C(Nc1ccccc1C(F)(F)F)N1CCC(Oc2ncccc2Br)CC1. The lowest BCUT2D eigenvalue weighted by Crippen LogP contribution is -2.44. The molecular formula is C18H17BrF3N3O2. The minimum atomic E-state index is -4.53. The summed E-state index contributed by atoms with van der Waals surface area (Å²) in [7, 11) is 0. The van der Waals surface area contributed by atoms with Gasteiger partial charge in [0, 0.05) is 32.1 Å². The van der Waals surface area contributed by atoms with Crippen molar-refractivity contribution in [2.45, 2.75) is 25.1 Å². The Morgan fingerprint density at radius 1 is 1.19 bits per heavy atom. The van der Waals surface area contributed by atoms with Gasteiger partial charge in [0.1, 0.15) is 6.10 Å². The zero-order chi connectivity index (χ0) is 19.4. The quantitative estimate of drug-likeness (QED) is 0.730. The molecule has 0 spiro atoms. The number of anilines is 1. The predicted octanol–water partition coefficient (Wildman–Crippen LogP) is 4.94. The van der Waals surface area contributed by atoms with Gasteiger partial charge in [0.05, 0.1) is 15.7 Å². The van der Waals surface area contributed by atoms with Crippen molar-refractivity contribution in [3.8, 4) is 5.88 Å². The summed E-state index contributed by atoms with van der Waals surface area (Å²) >= 11 is 3.36. The molecule has 1 aromatic carbocycles. The smallest absolute Gasteiger partial charge is 0.418 e. The fourth-order valence-corrected chi connectivity index (χ4v) is 3.17. The number of urea groups is 1. The zero-order valence-electron chi connectivity index (χ0n) is 14.2. The number of alkyl halides is 3. The second-order valence-corrected chi connectivity index (χ2v) is 6.92. The largest absolute Gasteiger partial charge is 0.473 e. The average Bonchev–Trinajstić information content (AvgIpc) is 2.64. The van der Waals surface area contributed by atoms with Crippen LogP contribution in [0, 0.1) is 0 Å². The number of pyridine rings is 1. The number of nitrogens with one attached hydrogen (secondary N) is 1. The van der Waals surface area contributed by atoms with E-state index in [-0.39, 0.29) is 11.8 Å². The standard InChI is InChI=1S/C18H17BrF3N3O2/c19-14-5-3-9-23-16(14)27-12-7-10-25(11-8-12)17(26)24-15-6-2-1-4-13(15)18(20,21)22/h1-6,9,12H,7-8,10-11H2,(H,24,26). The van der Waals surface area contributed by atoms with E-state index in [1.807, 2.05) is 6.07 Å². The van der Waals surface area contributed by atoms with Crippen LogP contribution in [0.4, 0.5) is 23.7 Å². The first kappa shape index (κ1) is 19.5. The first-order valence-corrected chi connectivity index (χ1v) is 9.13. The number of halogens is 4. The number of aromatic nitrogens is 1. The second-order valence-electron chi connectivity index (χ2n) is 6.07. The van der Waals surface area contributed by atoms with Crippen molar-refractivity contribution in [1.82, 2.24) is 9.88 Å². The Hall–Kier alpha value is -2.29. The highest BCUT2D eigenvalue weighted by Gasteiger charge is 2.34. The van der Waals surface area contributed by atoms with E-state index < -0.39 is 17.8 Å². The van der Waals surface area contributed by atoms with Crippen LogP contribution in [0.15, 0.2) is 47.1 Å². The first-order valence-electron chi connectivity index (χ1n) is 8.34. The van der Waals surface area contributed by atoms with Crippen molar-refractivity contribution in [2.24, 2.45) is 0 Å². The maximum atomic E-state index is 13.0. The number of carbonyl (C=O) groups is 1. The third-order valence-electron chi connectivity index (χ3n) is 4.21. The molecule has 1 aromatic heterocycles. The van der Waals surface area contributed by atoms with Crippen LogP contribution in [-0.4, -0.2) is 35.1 Å². The van der Waals surface area contributed by atoms with E-state index in [1.54, 1.807) is 12.3 Å². The number of hydrogen-bond donors (Lipinski definition) is 1. The average molecular weight is 444 g/mol. The van der Waals surface area contributed by atoms with Crippen molar-refractivity contribution in [3.63, 3.8) is 0 Å². The van der Waals surface area contributed by atoms with Crippen LogP contribution in [0.2, 0.25) is 0 Å². The van der Waals surface area contributed by atoms with E-state index in [0.717, 1.165) is 10.5 Å². The van der Waals surface area contributed by atoms with Gasteiger partial charge in [-0.1, -0.05) is 12.1 Å². The predicted molar refractivity (Wildman–Crippen MR) is 97.6 cm³/mol. The number of para-hydroxylation sites is 1. The summed E-state index contributed by atoms with van der Waals surface area (Å²) in [5.74, 6) is 0.486. The monoisotopic (exact) mass is 443 g/mol. The summed E-state index contributed by atoms with van der Waals surface area (Å²) in [6, 6.07) is 7.98. The number of amides is 2. The molecule has 3 rings (SSSR count). The second kappa shape index (κ2) is 8.16. The number of piperidine rings is 1. The number of hydrogen-bond acceptors (Lipinski definition) is 3. The van der Waals surface area contributed by atoms with Gasteiger partial charge in [0.15, 0.2) is 0 Å². The van der Waals surface area contributed by atoms with Crippen molar-refractivity contribution in [3.05, 3.63) is 52.6 Å². The summed E-state index contributed by atoms with van der Waals surface area (Å²) < 4.78 is 45.7. The van der Waals surface area contributed by atoms with E-state index >= 15 is 0 Å². The Morgan fingerprint density at radius 2 is 1.89 bits per heavy atom. The third-order valence-corrected chi connectivity index (χ3v) is 4.81. The summed E-state index contributed by atoms with van der Waals surface area (Å²) in [6.07, 6.45) is -1.88. The summed E-state index contributed by atoms with van der Waals surface area (Å²) in [5.41, 5.74) is -1.11. The number of ether oxygens (including phenoxy) is 1. The Bertz CT molecular complexity index is 808. The third kappa shape index (κ3) is 4.91. The maximum Gasteiger partial charge on any atom is 0.418 e. The molecule has 1 aliphatic heterocycles. The lowest BCUT2D eigenvalue weighted by Gasteiger charge is -2.32. The van der Waals surface area contributed by atoms with Crippen molar-refractivity contribution in [1.29, 1.82) is 0 Å².